The molecule has 80 valence electrons. The zero-order valence-corrected chi connectivity index (χ0v) is 10.6. The average Bonchev–Trinajstić information content (AvgIpc) is 2.20. The van der Waals surface area contributed by atoms with E-state index >= 15 is 0 Å². The van der Waals surface area contributed by atoms with Crippen LogP contribution in [-0.4, -0.2) is 42.7 Å². The highest BCUT2D eigenvalue weighted by molar-refractivity contribution is 7.98. The van der Waals surface area contributed by atoms with E-state index in [2.05, 4.69) is 27.0 Å². The number of unbranched alkanes of at least 4 members (excludes halogenated alkanes) is 1. The van der Waals surface area contributed by atoms with Crippen LogP contribution >= 0.6 is 11.8 Å². The van der Waals surface area contributed by atoms with E-state index in [1.54, 1.807) is 0 Å². The van der Waals surface area contributed by atoms with Crippen molar-refractivity contribution in [1.29, 1.82) is 0 Å². The summed E-state index contributed by atoms with van der Waals surface area (Å²) < 4.78 is 1.31. The van der Waals surface area contributed by atoms with Crippen molar-refractivity contribution in [3.8, 4) is 0 Å². The lowest BCUT2D eigenvalue weighted by Crippen LogP contribution is -2.48. The molecule has 0 saturated carbocycles. The molecule has 0 aromatic heterocycles. The van der Waals surface area contributed by atoms with Crippen molar-refractivity contribution >= 4 is 11.8 Å². The first-order chi connectivity index (χ1) is 6.24. The molecule has 0 aromatic rings. The molecular formula is C11H26NS+. The van der Waals surface area contributed by atoms with E-state index in [4.69, 9.17) is 0 Å². The monoisotopic (exact) mass is 204 g/mol. The molecule has 0 unspecified atom stereocenters. The molecule has 1 nitrogen and oxygen atoms in total. The predicted molar refractivity (Wildman–Crippen MR) is 64.4 cm³/mol. The minimum atomic E-state index is 1.30. The van der Waals surface area contributed by atoms with Gasteiger partial charge in [0.25, 0.3) is 0 Å². The highest BCUT2D eigenvalue weighted by Gasteiger charge is 2.19. The van der Waals surface area contributed by atoms with E-state index in [-0.39, 0.29) is 0 Å². The van der Waals surface area contributed by atoms with Crippen molar-refractivity contribution in [2.45, 2.75) is 33.6 Å². The van der Waals surface area contributed by atoms with Crippen LogP contribution in [0.4, 0.5) is 0 Å². The zero-order valence-electron chi connectivity index (χ0n) is 9.81. The molecule has 0 aliphatic rings. The Morgan fingerprint density at radius 2 is 1.46 bits per heavy atom. The van der Waals surface area contributed by atoms with Crippen molar-refractivity contribution in [2.24, 2.45) is 0 Å². The first-order valence-corrected chi connectivity index (χ1v) is 6.98. The summed E-state index contributed by atoms with van der Waals surface area (Å²) in [5, 5.41) is 0. The van der Waals surface area contributed by atoms with Crippen LogP contribution in [0.15, 0.2) is 0 Å². The highest BCUT2D eigenvalue weighted by atomic mass is 32.2. The van der Waals surface area contributed by atoms with Crippen LogP contribution in [0.1, 0.15) is 33.6 Å². The third kappa shape index (κ3) is 4.92. The van der Waals surface area contributed by atoms with E-state index in [9.17, 15) is 0 Å². The maximum Gasteiger partial charge on any atom is 0.0786 e. The molecule has 0 fully saturated rings. The van der Waals surface area contributed by atoms with Crippen molar-refractivity contribution in [3.05, 3.63) is 0 Å². The minimum absolute atomic E-state index is 1.30. The Hall–Kier alpha value is 0.310. The predicted octanol–water partition coefficient (Wildman–Crippen LogP) is 3.01. The molecule has 2 heteroatoms. The van der Waals surface area contributed by atoms with E-state index < -0.39 is 0 Å². The Morgan fingerprint density at radius 1 is 0.923 bits per heavy atom. The molecule has 0 bridgehead atoms. The Bertz CT molecular complexity index is 102. The van der Waals surface area contributed by atoms with Gasteiger partial charge in [-0.1, -0.05) is 0 Å². The lowest BCUT2D eigenvalue weighted by atomic mass is 10.2. The molecule has 0 rings (SSSR count). The van der Waals surface area contributed by atoms with Gasteiger partial charge in [0.15, 0.2) is 0 Å². The third-order valence-electron chi connectivity index (χ3n) is 3.24. The second kappa shape index (κ2) is 7.69. The quantitative estimate of drug-likeness (QED) is 0.433. The summed E-state index contributed by atoms with van der Waals surface area (Å²) in [5.41, 5.74) is 0. The standard InChI is InChI=1S/C11H26NS/c1-5-12(6-2,7-3)10-8-9-11-13-4/h5-11H2,1-4H3/q+1. The maximum absolute atomic E-state index is 2.32. The van der Waals surface area contributed by atoms with E-state index in [1.807, 2.05) is 11.8 Å². The fourth-order valence-corrected chi connectivity index (χ4v) is 2.33. The number of hydrogen-bond donors (Lipinski definition) is 0. The smallest absolute Gasteiger partial charge is 0.0786 e. The van der Waals surface area contributed by atoms with Crippen LogP contribution in [0.25, 0.3) is 0 Å². The number of quaternary nitrogens is 1. The lowest BCUT2D eigenvalue weighted by Gasteiger charge is -2.35. The van der Waals surface area contributed by atoms with Crippen LogP contribution in [0.5, 0.6) is 0 Å². The fraction of sp³-hybridized carbons (Fsp3) is 1.00. The SMILES string of the molecule is CC[N+](CC)(CC)CCCCSC. The summed E-state index contributed by atoms with van der Waals surface area (Å²) in [6.07, 6.45) is 4.99. The molecule has 0 heterocycles. The maximum atomic E-state index is 2.32. The molecular weight excluding hydrogens is 178 g/mol. The Kier molecular flexibility index (Phi) is 7.87. The normalized spacial score (nSPS) is 12.0. The summed E-state index contributed by atoms with van der Waals surface area (Å²) in [6, 6.07) is 0. The number of nitrogens with zero attached hydrogens (tertiary/aromatic N) is 1. The summed E-state index contributed by atoms with van der Waals surface area (Å²) >= 11 is 1.97. The van der Waals surface area contributed by atoms with Gasteiger partial charge in [-0.15, -0.1) is 0 Å². The summed E-state index contributed by atoms with van der Waals surface area (Å²) in [5.74, 6) is 1.33. The van der Waals surface area contributed by atoms with E-state index in [1.165, 1.54) is 49.3 Å². The molecule has 0 spiro atoms. The Balaban J connectivity index is 3.68. The fourth-order valence-electron chi connectivity index (χ4n) is 1.84. The van der Waals surface area contributed by atoms with Gasteiger partial charge in [0, 0.05) is 0 Å². The van der Waals surface area contributed by atoms with Gasteiger partial charge in [0.05, 0.1) is 26.2 Å². The topological polar surface area (TPSA) is 0 Å². The van der Waals surface area contributed by atoms with Crippen molar-refractivity contribution in [1.82, 2.24) is 0 Å². The molecule has 0 amide bonds. The largest absolute Gasteiger partial charge is 0.324 e. The van der Waals surface area contributed by atoms with E-state index in [0.29, 0.717) is 0 Å². The van der Waals surface area contributed by atoms with Crippen molar-refractivity contribution in [3.63, 3.8) is 0 Å². The van der Waals surface area contributed by atoms with Gasteiger partial charge in [0.1, 0.15) is 0 Å². The summed E-state index contributed by atoms with van der Waals surface area (Å²) in [7, 11) is 0. The molecule has 0 atom stereocenters. The van der Waals surface area contributed by atoms with Gasteiger partial charge in [0.2, 0.25) is 0 Å². The summed E-state index contributed by atoms with van der Waals surface area (Å²) in [4.78, 5) is 0. The van der Waals surface area contributed by atoms with Crippen LogP contribution in [0.2, 0.25) is 0 Å². The molecule has 0 N–H and O–H groups in total. The number of hydrogen-bond acceptors (Lipinski definition) is 1. The Labute approximate surface area is 88.5 Å². The van der Waals surface area contributed by atoms with Crippen LogP contribution < -0.4 is 0 Å². The van der Waals surface area contributed by atoms with Gasteiger partial charge >= 0.3 is 0 Å². The number of thioether (sulfide) groups is 1. The van der Waals surface area contributed by atoms with Crippen molar-refractivity contribution < 1.29 is 4.48 Å². The van der Waals surface area contributed by atoms with Crippen LogP contribution in [0.3, 0.4) is 0 Å². The average molecular weight is 204 g/mol. The van der Waals surface area contributed by atoms with E-state index in [0.717, 1.165) is 0 Å². The Morgan fingerprint density at radius 3 is 1.85 bits per heavy atom. The van der Waals surface area contributed by atoms with Crippen LogP contribution in [0, 0.1) is 0 Å². The number of rotatable bonds is 8. The molecule has 13 heavy (non-hydrogen) atoms. The van der Waals surface area contributed by atoms with Crippen LogP contribution in [-0.2, 0) is 0 Å². The lowest BCUT2D eigenvalue weighted by molar-refractivity contribution is -0.923. The molecule has 0 aliphatic carbocycles. The second-order valence-electron chi connectivity index (χ2n) is 3.71. The first kappa shape index (κ1) is 13.3. The molecule has 0 radical (unpaired) electrons. The molecule has 0 saturated heterocycles. The molecule has 0 aromatic carbocycles. The highest BCUT2D eigenvalue weighted by Crippen LogP contribution is 2.09. The van der Waals surface area contributed by atoms with Gasteiger partial charge in [-0.05, 0) is 45.6 Å². The molecule has 0 aliphatic heterocycles. The summed E-state index contributed by atoms with van der Waals surface area (Å²) in [6.45, 7) is 12.2. The van der Waals surface area contributed by atoms with Gasteiger partial charge in [-0.2, -0.15) is 11.8 Å². The van der Waals surface area contributed by atoms with Gasteiger partial charge in [-0.3, -0.25) is 0 Å². The zero-order chi connectivity index (χ0) is 10.2. The third-order valence-corrected chi connectivity index (χ3v) is 3.94. The second-order valence-corrected chi connectivity index (χ2v) is 4.70. The van der Waals surface area contributed by atoms with Crippen molar-refractivity contribution in [2.75, 3.05) is 38.2 Å². The van der Waals surface area contributed by atoms with Gasteiger partial charge in [-0.25, -0.2) is 0 Å². The van der Waals surface area contributed by atoms with Gasteiger partial charge < -0.3 is 4.48 Å². The first-order valence-electron chi connectivity index (χ1n) is 5.58. The minimum Gasteiger partial charge on any atom is -0.324 e.